The van der Waals surface area contributed by atoms with Gasteiger partial charge in [-0.05, 0) is 73.5 Å². The summed E-state index contributed by atoms with van der Waals surface area (Å²) in [6, 6.07) is 6.61. The van der Waals surface area contributed by atoms with Gasteiger partial charge in [-0.15, -0.1) is 0 Å². The third-order valence-corrected chi connectivity index (χ3v) is 7.80. The van der Waals surface area contributed by atoms with Gasteiger partial charge < -0.3 is 15.0 Å². The number of aromatic amines is 1. The van der Waals surface area contributed by atoms with Crippen LogP contribution in [0.5, 0.6) is 0 Å². The van der Waals surface area contributed by atoms with Gasteiger partial charge in [0.1, 0.15) is 0 Å². The molecule has 160 valence electrons. The highest BCUT2D eigenvalue weighted by molar-refractivity contribution is 5.89. The number of rotatable bonds is 5. The van der Waals surface area contributed by atoms with E-state index in [1.165, 1.54) is 34.9 Å². The van der Waals surface area contributed by atoms with Crippen molar-refractivity contribution < 1.29 is 14.7 Å². The molecule has 2 saturated carbocycles. The Bertz CT molecular complexity index is 960. The van der Waals surface area contributed by atoms with Crippen LogP contribution in [0.4, 0.5) is 0 Å². The number of benzene rings is 1. The standard InChI is InChI=1S/C25H32N2O3/c1-15(20-14-26-21-8-2-5-17(24(20)21)16-10-11-16)13-23(28)27-12-4-7-18-19(25(29)30)6-3-9-22(18)27/h2,5,8,14-16,18-19,22,26H,3-4,6-7,9-13H2,1H3,(H,29,30)/t15-,18?,19?,22?/m0/s1. The summed E-state index contributed by atoms with van der Waals surface area (Å²) >= 11 is 0. The van der Waals surface area contributed by atoms with Gasteiger partial charge in [-0.2, -0.15) is 0 Å². The summed E-state index contributed by atoms with van der Waals surface area (Å²) < 4.78 is 0. The molecular formula is C25H32N2O3. The van der Waals surface area contributed by atoms with E-state index in [1.807, 2.05) is 4.90 Å². The van der Waals surface area contributed by atoms with Crippen LogP contribution in [0.15, 0.2) is 24.4 Å². The van der Waals surface area contributed by atoms with Crippen molar-refractivity contribution in [3.63, 3.8) is 0 Å². The average Bonchev–Trinajstić information content (AvgIpc) is 3.50. The number of amides is 1. The fraction of sp³-hybridized carbons (Fsp3) is 0.600. The highest BCUT2D eigenvalue weighted by atomic mass is 16.4. The highest BCUT2D eigenvalue weighted by Gasteiger charge is 2.43. The number of aromatic nitrogens is 1. The molecule has 4 atom stereocenters. The molecule has 1 aromatic carbocycles. The minimum absolute atomic E-state index is 0.110. The van der Waals surface area contributed by atoms with Crippen molar-refractivity contribution in [3.05, 3.63) is 35.5 Å². The van der Waals surface area contributed by atoms with Crippen molar-refractivity contribution in [1.82, 2.24) is 9.88 Å². The van der Waals surface area contributed by atoms with Crippen LogP contribution in [-0.2, 0) is 9.59 Å². The minimum atomic E-state index is -0.682. The molecule has 5 nitrogen and oxygen atoms in total. The number of hydrogen-bond donors (Lipinski definition) is 2. The van der Waals surface area contributed by atoms with E-state index in [0.29, 0.717) is 12.3 Å². The van der Waals surface area contributed by atoms with Gasteiger partial charge in [-0.25, -0.2) is 0 Å². The molecule has 1 amide bonds. The van der Waals surface area contributed by atoms with E-state index in [0.717, 1.165) is 38.6 Å². The fourth-order valence-electron chi connectivity index (χ4n) is 6.16. The molecule has 0 bridgehead atoms. The van der Waals surface area contributed by atoms with Crippen LogP contribution in [0.3, 0.4) is 0 Å². The number of fused-ring (bicyclic) bond motifs is 2. The number of carboxylic acid groups (broad SMARTS) is 1. The SMILES string of the molecule is C[C@@H](CC(=O)N1CCCC2C(C(=O)O)CCCC21)c1c[nH]c2cccc(C3CC3)c12. The smallest absolute Gasteiger partial charge is 0.306 e. The minimum Gasteiger partial charge on any atom is -0.481 e. The van der Waals surface area contributed by atoms with Crippen molar-refractivity contribution in [2.45, 2.75) is 76.2 Å². The third kappa shape index (κ3) is 3.42. The predicted molar refractivity (Wildman–Crippen MR) is 117 cm³/mol. The quantitative estimate of drug-likeness (QED) is 0.729. The highest BCUT2D eigenvalue weighted by Crippen LogP contribution is 2.45. The van der Waals surface area contributed by atoms with Crippen molar-refractivity contribution in [3.8, 4) is 0 Å². The van der Waals surface area contributed by atoms with E-state index in [4.69, 9.17) is 0 Å². The number of nitrogens with zero attached hydrogens (tertiary/aromatic N) is 1. The molecule has 2 aromatic rings. The molecule has 3 unspecified atom stereocenters. The number of piperidine rings is 1. The van der Waals surface area contributed by atoms with Crippen LogP contribution >= 0.6 is 0 Å². The number of carbonyl (C=O) groups is 2. The molecule has 5 rings (SSSR count). The lowest BCUT2D eigenvalue weighted by molar-refractivity contribution is -0.152. The molecule has 2 aliphatic carbocycles. The van der Waals surface area contributed by atoms with Gasteiger partial charge in [0.05, 0.1) is 5.92 Å². The molecule has 1 aromatic heterocycles. The number of likely N-dealkylation sites (tertiary alicyclic amines) is 1. The molecule has 3 aliphatic rings. The maximum atomic E-state index is 13.4. The molecule has 2 heterocycles. The van der Waals surface area contributed by atoms with Gasteiger partial charge in [0.2, 0.25) is 5.91 Å². The molecular weight excluding hydrogens is 376 g/mol. The Morgan fingerprint density at radius 3 is 2.77 bits per heavy atom. The van der Waals surface area contributed by atoms with Crippen LogP contribution in [0.1, 0.15) is 81.3 Å². The Morgan fingerprint density at radius 1 is 1.17 bits per heavy atom. The van der Waals surface area contributed by atoms with Crippen molar-refractivity contribution in [2.75, 3.05) is 6.54 Å². The number of carbonyl (C=O) groups excluding carboxylic acids is 1. The molecule has 30 heavy (non-hydrogen) atoms. The monoisotopic (exact) mass is 408 g/mol. The topological polar surface area (TPSA) is 73.4 Å². The Kier molecular flexibility index (Phi) is 5.08. The average molecular weight is 409 g/mol. The maximum Gasteiger partial charge on any atom is 0.306 e. The van der Waals surface area contributed by atoms with E-state index in [-0.39, 0.29) is 29.7 Å². The first-order valence-corrected chi connectivity index (χ1v) is 11.7. The molecule has 1 saturated heterocycles. The van der Waals surface area contributed by atoms with Crippen molar-refractivity contribution in [1.29, 1.82) is 0 Å². The van der Waals surface area contributed by atoms with E-state index in [2.05, 4.69) is 36.3 Å². The fourth-order valence-corrected chi connectivity index (χ4v) is 6.16. The lowest BCUT2D eigenvalue weighted by Crippen LogP contribution is -2.53. The van der Waals surface area contributed by atoms with Gasteiger partial charge in [-0.1, -0.05) is 25.5 Å². The van der Waals surface area contributed by atoms with Crippen LogP contribution in [-0.4, -0.2) is 39.5 Å². The molecule has 5 heteroatoms. The van der Waals surface area contributed by atoms with Crippen molar-refractivity contribution in [2.24, 2.45) is 11.8 Å². The zero-order valence-electron chi connectivity index (χ0n) is 17.8. The number of carboxylic acids is 1. The number of hydrogen-bond acceptors (Lipinski definition) is 2. The van der Waals surface area contributed by atoms with Gasteiger partial charge in [-0.3, -0.25) is 9.59 Å². The van der Waals surface area contributed by atoms with Crippen LogP contribution in [0.2, 0.25) is 0 Å². The summed E-state index contributed by atoms with van der Waals surface area (Å²) in [6.45, 7) is 2.94. The van der Waals surface area contributed by atoms with Crippen LogP contribution < -0.4 is 0 Å². The van der Waals surface area contributed by atoms with E-state index in [1.54, 1.807) is 0 Å². The normalized spacial score (nSPS) is 27.6. The third-order valence-electron chi connectivity index (χ3n) is 7.80. The lowest BCUT2D eigenvalue weighted by atomic mass is 9.71. The first-order valence-electron chi connectivity index (χ1n) is 11.7. The van der Waals surface area contributed by atoms with Gasteiger partial charge in [0, 0.05) is 36.1 Å². The van der Waals surface area contributed by atoms with E-state index >= 15 is 0 Å². The predicted octanol–water partition coefficient (Wildman–Crippen LogP) is 5.03. The summed E-state index contributed by atoms with van der Waals surface area (Å²) in [5, 5.41) is 11.0. The lowest BCUT2D eigenvalue weighted by Gasteiger charge is -2.46. The summed E-state index contributed by atoms with van der Waals surface area (Å²) in [7, 11) is 0. The Balaban J connectivity index is 1.35. The second-order valence-electron chi connectivity index (χ2n) is 9.73. The molecule has 2 N–H and O–H groups in total. The summed E-state index contributed by atoms with van der Waals surface area (Å²) in [4.78, 5) is 30.6. The summed E-state index contributed by atoms with van der Waals surface area (Å²) in [6.07, 6.45) is 9.59. The van der Waals surface area contributed by atoms with Gasteiger partial charge in [0.25, 0.3) is 0 Å². The number of aliphatic carboxylic acids is 1. The largest absolute Gasteiger partial charge is 0.481 e. The van der Waals surface area contributed by atoms with E-state index < -0.39 is 5.97 Å². The Hall–Kier alpha value is -2.30. The molecule has 3 fully saturated rings. The molecule has 1 aliphatic heterocycles. The summed E-state index contributed by atoms with van der Waals surface area (Å²) in [5.41, 5.74) is 3.85. The maximum absolute atomic E-state index is 13.4. The number of nitrogens with one attached hydrogen (secondary N) is 1. The zero-order valence-corrected chi connectivity index (χ0v) is 17.8. The molecule has 0 radical (unpaired) electrons. The molecule has 0 spiro atoms. The summed E-state index contributed by atoms with van der Waals surface area (Å²) in [5.74, 6) is 0.167. The van der Waals surface area contributed by atoms with Crippen LogP contribution in [0.25, 0.3) is 10.9 Å². The van der Waals surface area contributed by atoms with Gasteiger partial charge in [0.15, 0.2) is 0 Å². The second kappa shape index (κ2) is 7.75. The Labute approximate surface area is 177 Å². The first kappa shape index (κ1) is 19.7. The second-order valence-corrected chi connectivity index (χ2v) is 9.73. The first-order chi connectivity index (χ1) is 14.5. The van der Waals surface area contributed by atoms with E-state index in [9.17, 15) is 14.7 Å². The van der Waals surface area contributed by atoms with Crippen LogP contribution in [0, 0.1) is 11.8 Å². The zero-order chi connectivity index (χ0) is 20.8. The van der Waals surface area contributed by atoms with Crippen molar-refractivity contribution >= 4 is 22.8 Å². The number of H-pyrrole nitrogens is 1. The Morgan fingerprint density at radius 2 is 2.00 bits per heavy atom. The van der Waals surface area contributed by atoms with Gasteiger partial charge >= 0.3 is 5.97 Å².